The molecule has 140 valence electrons. The van der Waals surface area contributed by atoms with Crippen LogP contribution in [0.5, 0.6) is 11.5 Å². The maximum atomic E-state index is 12.7. The highest BCUT2D eigenvalue weighted by Crippen LogP contribution is 2.22. The number of amides is 1. The van der Waals surface area contributed by atoms with Crippen LogP contribution >= 0.6 is 0 Å². The van der Waals surface area contributed by atoms with Crippen molar-refractivity contribution in [2.24, 2.45) is 0 Å². The Bertz CT molecular complexity index is 686. The first-order valence-electron chi connectivity index (χ1n) is 9.10. The minimum absolute atomic E-state index is 0.127. The molecule has 1 atom stereocenters. The van der Waals surface area contributed by atoms with Crippen molar-refractivity contribution < 1.29 is 23.6 Å². The molecule has 1 aliphatic rings. The Balaban J connectivity index is 1.71. The highest BCUT2D eigenvalue weighted by atomic mass is 16.5. The summed E-state index contributed by atoms with van der Waals surface area (Å²) in [4.78, 5) is 14.1. The summed E-state index contributed by atoms with van der Waals surface area (Å²) in [5.41, 5.74) is 0.521. The van der Waals surface area contributed by atoms with Crippen molar-refractivity contribution >= 4 is 5.91 Å². The summed E-state index contributed by atoms with van der Waals surface area (Å²) in [6.07, 6.45) is 5.41. The van der Waals surface area contributed by atoms with E-state index in [1.165, 1.54) is 24.2 Å². The van der Waals surface area contributed by atoms with Gasteiger partial charge in [0, 0.05) is 11.6 Å². The Morgan fingerprint density at radius 3 is 2.42 bits per heavy atom. The molecule has 1 aromatic heterocycles. The average molecular weight is 359 g/mol. The molecule has 0 aliphatic carbocycles. The lowest BCUT2D eigenvalue weighted by Gasteiger charge is -2.30. The largest absolute Gasteiger partial charge is 0.497 e. The van der Waals surface area contributed by atoms with Crippen molar-refractivity contribution in [1.29, 1.82) is 0 Å². The molecule has 0 bridgehead atoms. The predicted molar refractivity (Wildman–Crippen MR) is 97.9 cm³/mol. The molecule has 26 heavy (non-hydrogen) atoms. The summed E-state index contributed by atoms with van der Waals surface area (Å²) < 4.78 is 16.1. The van der Waals surface area contributed by atoms with E-state index in [1.807, 2.05) is 12.1 Å². The number of ether oxygens (including phenoxy) is 2. The van der Waals surface area contributed by atoms with E-state index in [9.17, 15) is 4.79 Å². The molecule has 0 unspecified atom stereocenters. The first-order chi connectivity index (χ1) is 12.7. The van der Waals surface area contributed by atoms with Crippen LogP contribution in [0.25, 0.3) is 0 Å². The van der Waals surface area contributed by atoms with Crippen LogP contribution < -0.4 is 19.7 Å². The SMILES string of the molecule is COc1cc(OC)cc(C(=O)NC[C@@H](c2ccco2)[NH+]2CCCCC2)c1. The predicted octanol–water partition coefficient (Wildman–Crippen LogP) is 1.84. The zero-order valence-corrected chi connectivity index (χ0v) is 15.4. The summed E-state index contributed by atoms with van der Waals surface area (Å²) in [6.45, 7) is 2.74. The molecular weight excluding hydrogens is 332 g/mol. The fourth-order valence-corrected chi connectivity index (χ4v) is 3.53. The molecule has 3 rings (SSSR count). The molecule has 6 nitrogen and oxygen atoms in total. The molecule has 6 heteroatoms. The van der Waals surface area contributed by atoms with E-state index in [-0.39, 0.29) is 11.9 Å². The lowest BCUT2D eigenvalue weighted by Crippen LogP contribution is -3.13. The fourth-order valence-electron chi connectivity index (χ4n) is 3.53. The summed E-state index contributed by atoms with van der Waals surface area (Å²) in [5, 5.41) is 3.06. The number of likely N-dealkylation sites (tertiary alicyclic amines) is 1. The average Bonchev–Trinajstić information content (AvgIpc) is 3.22. The highest BCUT2D eigenvalue weighted by molar-refractivity contribution is 5.95. The summed E-state index contributed by atoms with van der Waals surface area (Å²) in [7, 11) is 3.15. The van der Waals surface area contributed by atoms with Crippen molar-refractivity contribution in [1.82, 2.24) is 5.32 Å². The third kappa shape index (κ3) is 4.38. The van der Waals surface area contributed by atoms with E-state index in [1.54, 1.807) is 38.7 Å². The molecule has 2 heterocycles. The number of benzene rings is 1. The van der Waals surface area contributed by atoms with Crippen LogP contribution in [0, 0.1) is 0 Å². The zero-order chi connectivity index (χ0) is 18.4. The molecule has 1 aromatic carbocycles. The number of carbonyl (C=O) groups excluding carboxylic acids is 1. The number of hydrogen-bond donors (Lipinski definition) is 2. The molecule has 1 fully saturated rings. The van der Waals surface area contributed by atoms with Gasteiger partial charge in [0.2, 0.25) is 0 Å². The van der Waals surface area contributed by atoms with Crippen molar-refractivity contribution in [3.63, 3.8) is 0 Å². The molecule has 0 radical (unpaired) electrons. The van der Waals surface area contributed by atoms with Gasteiger partial charge in [-0.25, -0.2) is 0 Å². The van der Waals surface area contributed by atoms with Gasteiger partial charge in [-0.1, -0.05) is 0 Å². The summed E-state index contributed by atoms with van der Waals surface area (Å²) >= 11 is 0. The molecule has 0 spiro atoms. The van der Waals surface area contributed by atoms with Crippen molar-refractivity contribution in [2.75, 3.05) is 33.9 Å². The number of carbonyl (C=O) groups is 1. The number of methoxy groups -OCH3 is 2. The highest BCUT2D eigenvalue weighted by Gasteiger charge is 2.28. The second-order valence-corrected chi connectivity index (χ2v) is 6.60. The standard InChI is InChI=1S/C20H26N2O4/c1-24-16-11-15(12-17(13-16)25-2)20(23)21-14-18(19-7-6-10-26-19)22-8-4-3-5-9-22/h6-7,10-13,18H,3-5,8-9,14H2,1-2H3,(H,21,23)/p+1/t18-/m0/s1. The first-order valence-corrected chi connectivity index (χ1v) is 9.10. The normalized spacial score (nSPS) is 16.1. The van der Waals surface area contributed by atoms with E-state index in [0.29, 0.717) is 23.6 Å². The monoisotopic (exact) mass is 359 g/mol. The summed E-state index contributed by atoms with van der Waals surface area (Å²) in [6, 6.07) is 9.20. The Hall–Kier alpha value is -2.47. The topological polar surface area (TPSA) is 65.1 Å². The minimum atomic E-state index is -0.143. The quantitative estimate of drug-likeness (QED) is 0.792. The van der Waals surface area contributed by atoms with Crippen LogP contribution in [0.4, 0.5) is 0 Å². The third-order valence-corrected chi connectivity index (χ3v) is 4.96. The van der Waals surface area contributed by atoms with Crippen LogP contribution in [0.2, 0.25) is 0 Å². The maximum absolute atomic E-state index is 12.7. The number of rotatable bonds is 7. The van der Waals surface area contributed by atoms with Gasteiger partial charge in [0.25, 0.3) is 5.91 Å². The van der Waals surface area contributed by atoms with Crippen LogP contribution in [-0.2, 0) is 0 Å². The van der Waals surface area contributed by atoms with Crippen molar-refractivity contribution in [3.8, 4) is 11.5 Å². The van der Waals surface area contributed by atoms with E-state index in [4.69, 9.17) is 13.9 Å². The lowest BCUT2D eigenvalue weighted by atomic mass is 10.1. The van der Waals surface area contributed by atoms with Gasteiger partial charge in [0.15, 0.2) is 11.8 Å². The number of piperidine rings is 1. The van der Waals surface area contributed by atoms with Gasteiger partial charge in [-0.3, -0.25) is 4.79 Å². The molecule has 1 amide bonds. The van der Waals surface area contributed by atoms with Crippen LogP contribution in [0.15, 0.2) is 41.0 Å². The Labute approximate surface area is 154 Å². The smallest absolute Gasteiger partial charge is 0.251 e. The number of quaternary nitrogens is 1. The molecule has 1 saturated heterocycles. The minimum Gasteiger partial charge on any atom is -0.497 e. The second-order valence-electron chi connectivity index (χ2n) is 6.60. The van der Waals surface area contributed by atoms with Gasteiger partial charge >= 0.3 is 0 Å². The Morgan fingerprint density at radius 2 is 1.85 bits per heavy atom. The van der Waals surface area contributed by atoms with Gasteiger partial charge in [-0.2, -0.15) is 0 Å². The summed E-state index contributed by atoms with van der Waals surface area (Å²) in [5.74, 6) is 1.97. The molecule has 0 saturated carbocycles. The maximum Gasteiger partial charge on any atom is 0.251 e. The number of hydrogen-bond acceptors (Lipinski definition) is 4. The van der Waals surface area contributed by atoms with Gasteiger partial charge in [0.1, 0.15) is 11.5 Å². The second kappa shape index (κ2) is 8.76. The Kier molecular flexibility index (Phi) is 6.17. The first kappa shape index (κ1) is 18.3. The van der Waals surface area contributed by atoms with Crippen LogP contribution in [-0.4, -0.2) is 39.8 Å². The van der Waals surface area contributed by atoms with Gasteiger partial charge < -0.3 is 24.1 Å². The number of nitrogens with one attached hydrogen (secondary N) is 2. The van der Waals surface area contributed by atoms with Gasteiger partial charge in [-0.05, 0) is 43.5 Å². The van der Waals surface area contributed by atoms with Crippen molar-refractivity contribution in [3.05, 3.63) is 47.9 Å². The van der Waals surface area contributed by atoms with E-state index < -0.39 is 0 Å². The fraction of sp³-hybridized carbons (Fsp3) is 0.450. The van der Waals surface area contributed by atoms with Gasteiger partial charge in [-0.15, -0.1) is 0 Å². The molecule has 2 N–H and O–H groups in total. The molecular formula is C20H27N2O4+. The number of furan rings is 1. The molecule has 1 aliphatic heterocycles. The lowest BCUT2D eigenvalue weighted by molar-refractivity contribution is -0.936. The molecule has 2 aromatic rings. The van der Waals surface area contributed by atoms with E-state index >= 15 is 0 Å². The van der Waals surface area contributed by atoms with Crippen LogP contribution in [0.3, 0.4) is 0 Å². The zero-order valence-electron chi connectivity index (χ0n) is 15.4. The van der Waals surface area contributed by atoms with Crippen LogP contribution in [0.1, 0.15) is 41.4 Å². The van der Waals surface area contributed by atoms with E-state index in [0.717, 1.165) is 18.8 Å². The van der Waals surface area contributed by atoms with E-state index in [2.05, 4.69) is 5.32 Å². The van der Waals surface area contributed by atoms with Gasteiger partial charge in [0.05, 0.1) is 40.1 Å². The van der Waals surface area contributed by atoms with Crippen molar-refractivity contribution in [2.45, 2.75) is 25.3 Å². The Morgan fingerprint density at radius 1 is 1.15 bits per heavy atom. The third-order valence-electron chi connectivity index (χ3n) is 4.96.